The van der Waals surface area contributed by atoms with Crippen LogP contribution in [0.25, 0.3) is 0 Å². The summed E-state index contributed by atoms with van der Waals surface area (Å²) in [7, 11) is 0. The van der Waals surface area contributed by atoms with E-state index in [1.165, 1.54) is 19.1 Å². The van der Waals surface area contributed by atoms with Gasteiger partial charge in [0.25, 0.3) is 0 Å². The fraction of sp³-hybridized carbons (Fsp3) is 0.708. The Hall–Kier alpha value is -1.54. The Morgan fingerprint density at radius 3 is 2.53 bits per heavy atom. The molecule has 0 aromatic heterocycles. The standard InChI is InChI=1S/C24H30F2O5S/c1-5-19(29)31-24(20(30)32)12(2)8-14-15-10-17(25)16-9-13(27)6-7-21(16,3)23(15,26)18(28)11-22(14,24)4/h6-7,9,12,14-15,17-18,28H,5,8,10-11H2,1-4H3,(H,30,32)/t12-,14+,15+,17+,18+,21+,22+,23-,24-/m1/s1. The number of aliphatic hydroxyl groups excluding tert-OH is 1. The molecule has 176 valence electrons. The van der Waals surface area contributed by atoms with Gasteiger partial charge in [-0.25, -0.2) is 8.78 Å². The van der Waals surface area contributed by atoms with Crippen molar-refractivity contribution in [2.75, 3.05) is 0 Å². The lowest BCUT2D eigenvalue weighted by molar-refractivity contribution is -0.228. The number of thiol groups is 1. The highest BCUT2D eigenvalue weighted by molar-refractivity contribution is 7.96. The first kappa shape index (κ1) is 23.6. The molecular formula is C24H30F2O5S. The Kier molecular flexibility index (Phi) is 5.33. The number of alkyl halides is 2. The molecule has 3 saturated carbocycles. The van der Waals surface area contributed by atoms with E-state index in [1.54, 1.807) is 20.8 Å². The number of rotatable bonds is 3. The summed E-state index contributed by atoms with van der Waals surface area (Å²) >= 11 is 4.09. The first-order chi connectivity index (χ1) is 14.8. The van der Waals surface area contributed by atoms with Crippen LogP contribution in [0.5, 0.6) is 0 Å². The van der Waals surface area contributed by atoms with Crippen LogP contribution in [0, 0.1) is 28.6 Å². The van der Waals surface area contributed by atoms with Crippen LogP contribution in [0.2, 0.25) is 0 Å². The maximum atomic E-state index is 17.1. The van der Waals surface area contributed by atoms with Crippen molar-refractivity contribution < 1.29 is 33.0 Å². The topological polar surface area (TPSA) is 80.7 Å². The third-order valence-electron chi connectivity index (χ3n) is 9.05. The van der Waals surface area contributed by atoms with E-state index in [1.807, 2.05) is 0 Å². The highest BCUT2D eigenvalue weighted by Crippen LogP contribution is 2.71. The van der Waals surface area contributed by atoms with E-state index in [0.717, 1.165) is 6.08 Å². The molecule has 5 nitrogen and oxygen atoms in total. The second-order valence-corrected chi connectivity index (χ2v) is 10.8. The van der Waals surface area contributed by atoms with Gasteiger partial charge in [-0.3, -0.25) is 14.4 Å². The lowest BCUT2D eigenvalue weighted by atomic mass is 9.44. The maximum Gasteiger partial charge on any atom is 0.306 e. The van der Waals surface area contributed by atoms with E-state index in [2.05, 4.69) is 12.6 Å². The van der Waals surface area contributed by atoms with Gasteiger partial charge in [0.05, 0.1) is 6.10 Å². The average molecular weight is 469 g/mol. The predicted octanol–water partition coefficient (Wildman–Crippen LogP) is 3.70. The number of hydrogen-bond donors (Lipinski definition) is 2. The molecule has 4 aliphatic carbocycles. The molecule has 1 N–H and O–H groups in total. The van der Waals surface area contributed by atoms with Gasteiger partial charge < -0.3 is 9.84 Å². The normalized spacial score (nSPS) is 49.6. The summed E-state index contributed by atoms with van der Waals surface area (Å²) in [5, 5.41) is 10.7. The van der Waals surface area contributed by atoms with Crippen molar-refractivity contribution in [3.05, 3.63) is 23.8 Å². The molecule has 0 aromatic carbocycles. The first-order valence-electron chi connectivity index (χ1n) is 11.2. The van der Waals surface area contributed by atoms with E-state index in [0.29, 0.717) is 6.42 Å². The van der Waals surface area contributed by atoms with Crippen LogP contribution in [-0.2, 0) is 19.1 Å². The summed E-state index contributed by atoms with van der Waals surface area (Å²) in [6, 6.07) is 0. The Labute approximate surface area is 192 Å². The second kappa shape index (κ2) is 7.23. The molecule has 0 aromatic rings. The zero-order valence-corrected chi connectivity index (χ0v) is 19.6. The summed E-state index contributed by atoms with van der Waals surface area (Å²) in [4.78, 5) is 37.2. The van der Waals surface area contributed by atoms with Crippen molar-refractivity contribution >= 4 is 29.5 Å². The Bertz CT molecular complexity index is 949. The number of esters is 1. The molecule has 0 amide bonds. The van der Waals surface area contributed by atoms with Crippen LogP contribution in [-0.4, -0.2) is 45.5 Å². The molecule has 0 unspecified atom stereocenters. The molecule has 0 bridgehead atoms. The van der Waals surface area contributed by atoms with E-state index in [4.69, 9.17) is 4.74 Å². The summed E-state index contributed by atoms with van der Waals surface area (Å²) < 4.78 is 38.3. The highest BCUT2D eigenvalue weighted by Gasteiger charge is 2.77. The summed E-state index contributed by atoms with van der Waals surface area (Å²) in [6.45, 7) is 6.62. The van der Waals surface area contributed by atoms with Crippen molar-refractivity contribution in [2.24, 2.45) is 28.6 Å². The molecule has 4 aliphatic rings. The number of ether oxygens (including phenoxy) is 1. The lowest BCUT2D eigenvalue weighted by Gasteiger charge is -2.63. The number of aliphatic hydroxyl groups is 1. The molecule has 0 heterocycles. The number of carbonyl (C=O) groups is 3. The van der Waals surface area contributed by atoms with Crippen molar-refractivity contribution in [1.82, 2.24) is 0 Å². The van der Waals surface area contributed by atoms with Gasteiger partial charge in [0.2, 0.25) is 5.12 Å². The van der Waals surface area contributed by atoms with Crippen LogP contribution < -0.4 is 0 Å². The average Bonchev–Trinajstić information content (AvgIpc) is 2.93. The minimum absolute atomic E-state index is 0.0476. The number of hydrogen-bond acceptors (Lipinski definition) is 5. The Morgan fingerprint density at radius 2 is 1.94 bits per heavy atom. The Morgan fingerprint density at radius 1 is 1.28 bits per heavy atom. The fourth-order valence-corrected chi connectivity index (χ4v) is 8.01. The van der Waals surface area contributed by atoms with Gasteiger partial charge in [0, 0.05) is 29.1 Å². The first-order valence-corrected chi connectivity index (χ1v) is 11.7. The zero-order valence-electron chi connectivity index (χ0n) is 18.7. The molecule has 32 heavy (non-hydrogen) atoms. The lowest BCUT2D eigenvalue weighted by Crippen LogP contribution is -2.70. The summed E-state index contributed by atoms with van der Waals surface area (Å²) in [5.41, 5.74) is -6.46. The van der Waals surface area contributed by atoms with Gasteiger partial charge in [-0.2, -0.15) is 0 Å². The maximum absolute atomic E-state index is 17.1. The number of allylic oxidation sites excluding steroid dienone is 4. The van der Waals surface area contributed by atoms with Crippen LogP contribution in [0.4, 0.5) is 8.78 Å². The van der Waals surface area contributed by atoms with Crippen LogP contribution in [0.15, 0.2) is 23.8 Å². The number of halogens is 2. The molecule has 8 heteroatoms. The quantitative estimate of drug-likeness (QED) is 0.488. The van der Waals surface area contributed by atoms with Gasteiger partial charge in [-0.05, 0) is 49.8 Å². The molecule has 3 fully saturated rings. The van der Waals surface area contributed by atoms with Gasteiger partial charge in [-0.15, -0.1) is 12.6 Å². The van der Waals surface area contributed by atoms with E-state index < -0.39 is 69.0 Å². The largest absolute Gasteiger partial charge is 0.449 e. The smallest absolute Gasteiger partial charge is 0.306 e. The number of carbonyl (C=O) groups excluding carboxylic acids is 3. The molecule has 0 aliphatic heterocycles. The zero-order chi connectivity index (χ0) is 23.9. The van der Waals surface area contributed by atoms with Crippen molar-refractivity contribution in [3.63, 3.8) is 0 Å². The van der Waals surface area contributed by atoms with Gasteiger partial charge >= 0.3 is 5.97 Å². The molecule has 0 saturated heterocycles. The minimum atomic E-state index is -2.24. The monoisotopic (exact) mass is 468 g/mol. The predicted molar refractivity (Wildman–Crippen MR) is 116 cm³/mol. The van der Waals surface area contributed by atoms with E-state index in [-0.39, 0.29) is 24.8 Å². The molecular weight excluding hydrogens is 438 g/mol. The minimum Gasteiger partial charge on any atom is -0.449 e. The third-order valence-corrected chi connectivity index (χ3v) is 9.38. The summed E-state index contributed by atoms with van der Waals surface area (Å²) in [5.74, 6) is -2.94. The van der Waals surface area contributed by atoms with Crippen molar-refractivity contribution in [1.29, 1.82) is 0 Å². The second-order valence-electron chi connectivity index (χ2n) is 10.4. The molecule has 0 radical (unpaired) electrons. The molecule has 4 rings (SSSR count). The van der Waals surface area contributed by atoms with E-state index >= 15 is 8.78 Å². The number of fused-ring (bicyclic) bond motifs is 5. The van der Waals surface area contributed by atoms with Gasteiger partial charge in [0.1, 0.15) is 6.17 Å². The van der Waals surface area contributed by atoms with Gasteiger partial charge in [-0.1, -0.05) is 26.8 Å². The Balaban J connectivity index is 1.87. The van der Waals surface area contributed by atoms with E-state index in [9.17, 15) is 19.5 Å². The molecule has 9 atom stereocenters. The van der Waals surface area contributed by atoms with Crippen molar-refractivity contribution in [3.8, 4) is 0 Å². The van der Waals surface area contributed by atoms with Crippen molar-refractivity contribution in [2.45, 2.75) is 76.9 Å². The number of ketones is 1. The SMILES string of the molecule is CCC(=O)O[C@@]1(C(=O)S)[C@H](C)C[C@H]2[C@@H]3C[C@H](F)C4=CC(=O)C=C[C@]4(C)[C@]3(F)[C@@H](O)C[C@@]21C. The fourth-order valence-electron chi connectivity index (χ4n) is 7.49. The third kappa shape index (κ3) is 2.62. The van der Waals surface area contributed by atoms with Crippen LogP contribution in [0.3, 0.4) is 0 Å². The van der Waals surface area contributed by atoms with Crippen LogP contribution >= 0.6 is 12.6 Å². The van der Waals surface area contributed by atoms with Crippen LogP contribution in [0.1, 0.15) is 53.4 Å². The molecule has 0 spiro atoms. The van der Waals surface area contributed by atoms with Gasteiger partial charge in [0.15, 0.2) is 17.1 Å². The highest BCUT2D eigenvalue weighted by atomic mass is 32.1. The summed E-state index contributed by atoms with van der Waals surface area (Å²) in [6.07, 6.45) is 0.619.